The lowest BCUT2D eigenvalue weighted by Gasteiger charge is -2.18. The Hall–Kier alpha value is -1.70. The van der Waals surface area contributed by atoms with E-state index in [0.717, 1.165) is 33.3 Å². The molecule has 5 nitrogen and oxygen atoms in total. The molecule has 0 saturated carbocycles. The van der Waals surface area contributed by atoms with Crippen LogP contribution in [-0.2, 0) is 27.7 Å². The molecular weight excluding hydrogens is 452 g/mol. The van der Waals surface area contributed by atoms with Crippen LogP contribution in [0, 0.1) is 6.92 Å². The number of carbonyl (C=O) groups is 1. The van der Waals surface area contributed by atoms with Crippen LogP contribution in [0.1, 0.15) is 43.9 Å². The Kier molecular flexibility index (Phi) is 8.43. The highest BCUT2D eigenvalue weighted by Gasteiger charge is 2.21. The second-order valence-corrected chi connectivity index (χ2v) is 9.75. The molecule has 29 heavy (non-hydrogen) atoms. The maximum Gasteiger partial charge on any atom is 0.243 e. The fourth-order valence-electron chi connectivity index (χ4n) is 3.27. The molecular formula is C22H29BrN2O3S. The van der Waals surface area contributed by atoms with E-state index in [0.29, 0.717) is 25.9 Å². The van der Waals surface area contributed by atoms with Crippen LogP contribution in [0.25, 0.3) is 0 Å². The standard InChI is InChI=1S/C22H29BrN2O3S/c1-5-18-15-19(23)14-16(4)22(18)24-21(26)13-10-17-8-11-20(12-9-17)29(27,28)25(6-2)7-3/h8-9,11-12,14-15H,5-7,10,13H2,1-4H3,(H,24,26). The van der Waals surface area contributed by atoms with E-state index in [9.17, 15) is 13.2 Å². The van der Waals surface area contributed by atoms with E-state index in [-0.39, 0.29) is 10.8 Å². The molecule has 0 heterocycles. The van der Waals surface area contributed by atoms with Crippen molar-refractivity contribution in [3.05, 3.63) is 57.6 Å². The van der Waals surface area contributed by atoms with Gasteiger partial charge >= 0.3 is 0 Å². The molecule has 7 heteroatoms. The number of halogens is 1. The van der Waals surface area contributed by atoms with Gasteiger partial charge in [-0.15, -0.1) is 0 Å². The van der Waals surface area contributed by atoms with Crippen LogP contribution >= 0.6 is 15.9 Å². The number of sulfonamides is 1. The number of nitrogens with one attached hydrogen (secondary N) is 1. The fourth-order valence-corrected chi connectivity index (χ4v) is 5.35. The summed E-state index contributed by atoms with van der Waals surface area (Å²) < 4.78 is 27.5. The molecule has 0 aliphatic carbocycles. The third-order valence-electron chi connectivity index (χ3n) is 4.93. The van der Waals surface area contributed by atoms with Gasteiger partial charge in [-0.25, -0.2) is 8.42 Å². The number of carbonyl (C=O) groups excluding carboxylic acids is 1. The quantitative estimate of drug-likeness (QED) is 0.553. The molecule has 2 aromatic carbocycles. The summed E-state index contributed by atoms with van der Waals surface area (Å²) in [7, 11) is -3.46. The Morgan fingerprint density at radius 1 is 1.07 bits per heavy atom. The van der Waals surface area contributed by atoms with E-state index in [2.05, 4.69) is 28.2 Å². The van der Waals surface area contributed by atoms with Crippen LogP contribution < -0.4 is 5.32 Å². The first-order chi connectivity index (χ1) is 13.7. The summed E-state index contributed by atoms with van der Waals surface area (Å²) in [5.74, 6) is -0.0510. The predicted molar refractivity (Wildman–Crippen MR) is 122 cm³/mol. The first kappa shape index (κ1) is 23.6. The van der Waals surface area contributed by atoms with Gasteiger partial charge in [0, 0.05) is 29.7 Å². The topological polar surface area (TPSA) is 66.5 Å². The Bertz CT molecular complexity index is 953. The van der Waals surface area contributed by atoms with Crippen LogP contribution in [0.4, 0.5) is 5.69 Å². The van der Waals surface area contributed by atoms with Gasteiger partial charge in [-0.3, -0.25) is 4.79 Å². The summed E-state index contributed by atoms with van der Waals surface area (Å²) in [6, 6.07) is 10.8. The number of rotatable bonds is 9. The van der Waals surface area contributed by atoms with Crippen LogP contribution in [0.5, 0.6) is 0 Å². The molecule has 0 aliphatic rings. The molecule has 0 fully saturated rings. The normalized spacial score (nSPS) is 11.7. The zero-order valence-electron chi connectivity index (χ0n) is 17.5. The molecule has 0 aromatic heterocycles. The lowest BCUT2D eigenvalue weighted by molar-refractivity contribution is -0.116. The lowest BCUT2D eigenvalue weighted by Crippen LogP contribution is -2.30. The van der Waals surface area contributed by atoms with Crippen LogP contribution in [-0.4, -0.2) is 31.7 Å². The van der Waals surface area contributed by atoms with Gasteiger partial charge in [0.2, 0.25) is 15.9 Å². The minimum absolute atomic E-state index is 0.0510. The summed E-state index contributed by atoms with van der Waals surface area (Å²) in [4.78, 5) is 12.7. The molecule has 1 N–H and O–H groups in total. The average Bonchev–Trinajstić information content (AvgIpc) is 2.69. The molecule has 0 radical (unpaired) electrons. The monoisotopic (exact) mass is 480 g/mol. The summed E-state index contributed by atoms with van der Waals surface area (Å²) in [6.45, 7) is 8.57. The molecule has 2 rings (SSSR count). The van der Waals surface area contributed by atoms with Crippen LogP contribution in [0.2, 0.25) is 0 Å². The fraction of sp³-hybridized carbons (Fsp3) is 0.409. The first-order valence-electron chi connectivity index (χ1n) is 9.90. The SMILES string of the molecule is CCc1cc(Br)cc(C)c1NC(=O)CCc1ccc(S(=O)(=O)N(CC)CC)cc1. The van der Waals surface area contributed by atoms with Crippen molar-refractivity contribution >= 4 is 37.5 Å². The molecule has 0 atom stereocenters. The van der Waals surface area contributed by atoms with E-state index in [1.807, 2.05) is 32.9 Å². The third-order valence-corrected chi connectivity index (χ3v) is 7.46. The maximum absolute atomic E-state index is 12.5. The average molecular weight is 481 g/mol. The Morgan fingerprint density at radius 2 is 1.69 bits per heavy atom. The Balaban J connectivity index is 2.03. The molecule has 0 aliphatic heterocycles. The van der Waals surface area contributed by atoms with Gasteiger partial charge in [-0.05, 0) is 60.7 Å². The van der Waals surface area contributed by atoms with E-state index >= 15 is 0 Å². The Labute approximate surface area is 182 Å². The van der Waals surface area contributed by atoms with Crippen molar-refractivity contribution in [2.24, 2.45) is 0 Å². The van der Waals surface area contributed by atoms with Gasteiger partial charge in [-0.1, -0.05) is 48.8 Å². The number of hydrogen-bond donors (Lipinski definition) is 1. The predicted octanol–water partition coefficient (Wildman–Crippen LogP) is 4.92. The third kappa shape index (κ3) is 5.90. The summed E-state index contributed by atoms with van der Waals surface area (Å²) in [5, 5.41) is 3.03. The van der Waals surface area contributed by atoms with Crippen molar-refractivity contribution in [1.82, 2.24) is 4.31 Å². The van der Waals surface area contributed by atoms with Crippen molar-refractivity contribution in [2.75, 3.05) is 18.4 Å². The van der Waals surface area contributed by atoms with Crippen molar-refractivity contribution in [3.8, 4) is 0 Å². The summed E-state index contributed by atoms with van der Waals surface area (Å²) in [5.41, 5.74) is 3.93. The highest BCUT2D eigenvalue weighted by Crippen LogP contribution is 2.26. The zero-order chi connectivity index (χ0) is 21.6. The molecule has 158 valence electrons. The smallest absolute Gasteiger partial charge is 0.243 e. The van der Waals surface area contributed by atoms with E-state index < -0.39 is 10.0 Å². The molecule has 1 amide bonds. The van der Waals surface area contributed by atoms with Crippen molar-refractivity contribution in [1.29, 1.82) is 0 Å². The maximum atomic E-state index is 12.5. The highest BCUT2D eigenvalue weighted by atomic mass is 79.9. The van der Waals surface area contributed by atoms with Crippen molar-refractivity contribution in [3.63, 3.8) is 0 Å². The minimum Gasteiger partial charge on any atom is -0.326 e. The number of aryl methyl sites for hydroxylation is 3. The minimum atomic E-state index is -3.46. The number of benzene rings is 2. The van der Waals surface area contributed by atoms with Crippen LogP contribution in [0.15, 0.2) is 45.8 Å². The highest BCUT2D eigenvalue weighted by molar-refractivity contribution is 9.10. The van der Waals surface area contributed by atoms with Crippen molar-refractivity contribution < 1.29 is 13.2 Å². The molecule has 0 saturated heterocycles. The second kappa shape index (κ2) is 10.4. The van der Waals surface area contributed by atoms with Crippen molar-refractivity contribution in [2.45, 2.75) is 51.9 Å². The summed E-state index contributed by atoms with van der Waals surface area (Å²) >= 11 is 3.49. The Morgan fingerprint density at radius 3 is 2.24 bits per heavy atom. The first-order valence-corrected chi connectivity index (χ1v) is 12.1. The zero-order valence-corrected chi connectivity index (χ0v) is 19.9. The number of anilines is 1. The number of nitrogens with zero attached hydrogens (tertiary/aromatic N) is 1. The number of amides is 1. The van der Waals surface area contributed by atoms with Gasteiger partial charge in [0.05, 0.1) is 4.90 Å². The molecule has 2 aromatic rings. The van der Waals surface area contributed by atoms with Gasteiger partial charge < -0.3 is 5.32 Å². The van der Waals surface area contributed by atoms with Crippen LogP contribution in [0.3, 0.4) is 0 Å². The largest absolute Gasteiger partial charge is 0.326 e. The molecule has 0 spiro atoms. The van der Waals surface area contributed by atoms with Gasteiger partial charge in [-0.2, -0.15) is 4.31 Å². The lowest BCUT2D eigenvalue weighted by atomic mass is 10.1. The van der Waals surface area contributed by atoms with E-state index in [1.165, 1.54) is 4.31 Å². The second-order valence-electron chi connectivity index (χ2n) is 6.89. The van der Waals surface area contributed by atoms with Gasteiger partial charge in [0.25, 0.3) is 0 Å². The summed E-state index contributed by atoms with van der Waals surface area (Å²) in [6.07, 6.45) is 1.72. The molecule has 0 bridgehead atoms. The van der Waals surface area contributed by atoms with Gasteiger partial charge in [0.15, 0.2) is 0 Å². The van der Waals surface area contributed by atoms with E-state index in [1.54, 1.807) is 24.3 Å². The van der Waals surface area contributed by atoms with E-state index in [4.69, 9.17) is 0 Å². The molecule has 0 unspecified atom stereocenters. The number of hydrogen-bond acceptors (Lipinski definition) is 3. The van der Waals surface area contributed by atoms with Gasteiger partial charge in [0.1, 0.15) is 0 Å².